The third-order valence-electron chi connectivity index (χ3n) is 5.38. The van der Waals surface area contributed by atoms with Crippen LogP contribution in [0.4, 0.5) is 11.4 Å². The molecule has 2 amide bonds. The summed E-state index contributed by atoms with van der Waals surface area (Å²) >= 11 is 0. The van der Waals surface area contributed by atoms with Gasteiger partial charge in [-0.25, -0.2) is 5.43 Å². The summed E-state index contributed by atoms with van der Waals surface area (Å²) in [6.45, 7) is 8.22. The molecule has 2 aromatic rings. The Balaban J connectivity index is 1.63. The molecule has 0 radical (unpaired) electrons. The van der Waals surface area contributed by atoms with Crippen molar-refractivity contribution in [3.63, 3.8) is 0 Å². The Labute approximate surface area is 171 Å². The number of anilines is 2. The second-order valence-electron chi connectivity index (χ2n) is 7.73. The van der Waals surface area contributed by atoms with E-state index in [9.17, 15) is 9.59 Å². The SMILES string of the molecule is Cc1ccc(NC(=O)C(=O)N/N=C\C=C2/N(C)c3ccccc3C2(C)C)cc1C. The van der Waals surface area contributed by atoms with Gasteiger partial charge in [0, 0.05) is 35.7 Å². The van der Waals surface area contributed by atoms with Crippen LogP contribution < -0.4 is 15.6 Å². The molecule has 0 bridgehead atoms. The number of carbonyl (C=O) groups is 2. The number of carbonyl (C=O) groups excluding carboxylic acids is 2. The fourth-order valence-corrected chi connectivity index (χ4v) is 3.56. The summed E-state index contributed by atoms with van der Waals surface area (Å²) in [6, 6.07) is 13.7. The number of benzene rings is 2. The van der Waals surface area contributed by atoms with E-state index in [4.69, 9.17) is 0 Å². The van der Waals surface area contributed by atoms with Crippen molar-refractivity contribution in [2.45, 2.75) is 33.1 Å². The van der Waals surface area contributed by atoms with E-state index in [1.165, 1.54) is 11.8 Å². The minimum Gasteiger partial charge on any atom is -0.347 e. The number of hydrogen-bond acceptors (Lipinski definition) is 4. The predicted molar refractivity (Wildman–Crippen MR) is 117 cm³/mol. The topological polar surface area (TPSA) is 73.8 Å². The van der Waals surface area contributed by atoms with Crippen molar-refractivity contribution in [3.8, 4) is 0 Å². The highest BCUT2D eigenvalue weighted by molar-refractivity contribution is 6.39. The van der Waals surface area contributed by atoms with Crippen LogP contribution in [-0.4, -0.2) is 25.1 Å². The zero-order valence-electron chi connectivity index (χ0n) is 17.4. The quantitative estimate of drug-likeness (QED) is 0.477. The number of allylic oxidation sites excluding steroid dienone is 2. The van der Waals surface area contributed by atoms with Crippen LogP contribution in [0.15, 0.2) is 59.3 Å². The Hall–Kier alpha value is -3.41. The number of hydrogen-bond donors (Lipinski definition) is 2. The second kappa shape index (κ2) is 7.91. The largest absolute Gasteiger partial charge is 0.347 e. The first kappa shape index (κ1) is 20.3. The van der Waals surface area contributed by atoms with Crippen molar-refractivity contribution in [1.29, 1.82) is 0 Å². The average molecular weight is 390 g/mol. The van der Waals surface area contributed by atoms with Crippen LogP contribution in [0, 0.1) is 13.8 Å². The lowest BCUT2D eigenvalue weighted by Gasteiger charge is -2.23. The van der Waals surface area contributed by atoms with Crippen molar-refractivity contribution >= 4 is 29.4 Å². The number of nitrogens with one attached hydrogen (secondary N) is 2. The van der Waals surface area contributed by atoms with Gasteiger partial charge >= 0.3 is 11.8 Å². The molecule has 2 N–H and O–H groups in total. The summed E-state index contributed by atoms with van der Waals surface area (Å²) in [6.07, 6.45) is 3.35. The Morgan fingerprint density at radius 2 is 1.76 bits per heavy atom. The zero-order valence-corrected chi connectivity index (χ0v) is 17.4. The normalized spacial score (nSPS) is 16.2. The number of rotatable bonds is 3. The second-order valence-corrected chi connectivity index (χ2v) is 7.73. The van der Waals surface area contributed by atoms with Crippen LogP contribution in [-0.2, 0) is 15.0 Å². The number of hydrazone groups is 1. The standard InChI is InChI=1S/C23H26N4O2/c1-15-10-11-17(14-16(15)2)25-21(28)22(29)26-24-13-12-20-23(3,4)18-8-6-7-9-19(18)27(20)5/h6-14H,1-5H3,(H,25,28)(H,26,29)/b20-12-,24-13-. The number of nitrogens with zero attached hydrogens (tertiary/aromatic N) is 2. The van der Waals surface area contributed by atoms with Crippen LogP contribution in [0.2, 0.25) is 0 Å². The minimum atomic E-state index is -0.819. The van der Waals surface area contributed by atoms with E-state index in [0.29, 0.717) is 5.69 Å². The highest BCUT2D eigenvalue weighted by Crippen LogP contribution is 2.46. The van der Waals surface area contributed by atoms with Gasteiger partial charge in [0.2, 0.25) is 0 Å². The maximum absolute atomic E-state index is 12.0. The lowest BCUT2D eigenvalue weighted by Crippen LogP contribution is -2.32. The van der Waals surface area contributed by atoms with Crippen molar-refractivity contribution in [3.05, 3.63) is 70.9 Å². The van der Waals surface area contributed by atoms with Gasteiger partial charge in [-0.05, 0) is 54.8 Å². The molecular weight excluding hydrogens is 364 g/mol. The molecule has 3 rings (SSSR count). The molecule has 1 aliphatic heterocycles. The van der Waals surface area contributed by atoms with Crippen molar-refractivity contribution in [1.82, 2.24) is 5.43 Å². The Kier molecular flexibility index (Phi) is 5.55. The van der Waals surface area contributed by atoms with Crippen LogP contribution in [0.1, 0.15) is 30.5 Å². The predicted octanol–water partition coefficient (Wildman–Crippen LogP) is 3.66. The van der Waals surface area contributed by atoms with Crippen molar-refractivity contribution < 1.29 is 9.59 Å². The van der Waals surface area contributed by atoms with Gasteiger partial charge in [-0.1, -0.05) is 38.1 Å². The molecule has 29 heavy (non-hydrogen) atoms. The number of para-hydroxylation sites is 1. The summed E-state index contributed by atoms with van der Waals surface area (Å²) < 4.78 is 0. The first-order chi connectivity index (χ1) is 13.7. The lowest BCUT2D eigenvalue weighted by molar-refractivity contribution is -0.136. The Morgan fingerprint density at radius 1 is 1.03 bits per heavy atom. The average Bonchev–Trinajstić information content (AvgIpc) is 2.88. The van der Waals surface area contributed by atoms with E-state index in [1.807, 2.05) is 51.2 Å². The van der Waals surface area contributed by atoms with Gasteiger partial charge in [0.05, 0.1) is 0 Å². The molecule has 0 saturated carbocycles. The van der Waals surface area contributed by atoms with E-state index in [-0.39, 0.29) is 5.41 Å². The van der Waals surface area contributed by atoms with E-state index in [2.05, 4.69) is 46.7 Å². The first-order valence-corrected chi connectivity index (χ1v) is 9.47. The first-order valence-electron chi connectivity index (χ1n) is 9.47. The monoisotopic (exact) mass is 390 g/mol. The smallest absolute Gasteiger partial charge is 0.329 e. The molecule has 0 aromatic heterocycles. The summed E-state index contributed by atoms with van der Waals surface area (Å²) in [5.74, 6) is -1.58. The van der Waals surface area contributed by atoms with Gasteiger partial charge in [0.25, 0.3) is 0 Å². The van der Waals surface area contributed by atoms with Crippen LogP contribution in [0.3, 0.4) is 0 Å². The highest BCUT2D eigenvalue weighted by atomic mass is 16.2. The Morgan fingerprint density at radius 3 is 2.45 bits per heavy atom. The van der Waals surface area contributed by atoms with E-state index >= 15 is 0 Å². The summed E-state index contributed by atoms with van der Waals surface area (Å²) in [4.78, 5) is 26.1. The third kappa shape index (κ3) is 4.06. The Bertz CT molecular complexity index is 1020. The molecule has 0 fully saturated rings. The molecule has 0 unspecified atom stereocenters. The molecule has 150 valence electrons. The summed E-state index contributed by atoms with van der Waals surface area (Å²) in [7, 11) is 2.00. The van der Waals surface area contributed by atoms with Crippen molar-refractivity contribution in [2.24, 2.45) is 5.10 Å². The van der Waals surface area contributed by atoms with Gasteiger partial charge < -0.3 is 10.2 Å². The molecule has 0 spiro atoms. The van der Waals surface area contributed by atoms with Crippen LogP contribution >= 0.6 is 0 Å². The van der Waals surface area contributed by atoms with E-state index in [1.54, 1.807) is 6.07 Å². The van der Waals surface area contributed by atoms with Gasteiger partial charge in [-0.3, -0.25) is 9.59 Å². The van der Waals surface area contributed by atoms with E-state index in [0.717, 1.165) is 22.5 Å². The number of likely N-dealkylation sites (N-methyl/N-ethyl adjacent to an activating group) is 1. The fourth-order valence-electron chi connectivity index (χ4n) is 3.56. The maximum Gasteiger partial charge on any atom is 0.329 e. The maximum atomic E-state index is 12.0. The third-order valence-corrected chi connectivity index (χ3v) is 5.38. The number of fused-ring (bicyclic) bond motifs is 1. The molecule has 0 atom stereocenters. The molecule has 2 aromatic carbocycles. The lowest BCUT2D eigenvalue weighted by atomic mass is 9.84. The minimum absolute atomic E-state index is 0.179. The number of amides is 2. The zero-order chi connectivity index (χ0) is 21.2. The fraction of sp³-hybridized carbons (Fsp3) is 0.261. The van der Waals surface area contributed by atoms with E-state index < -0.39 is 11.8 Å². The molecule has 0 aliphatic carbocycles. The van der Waals surface area contributed by atoms with Gasteiger partial charge in [-0.15, -0.1) is 0 Å². The van der Waals surface area contributed by atoms with Gasteiger partial charge in [-0.2, -0.15) is 5.10 Å². The molecule has 1 aliphatic rings. The molecule has 0 saturated heterocycles. The summed E-state index contributed by atoms with van der Waals surface area (Å²) in [5, 5.41) is 6.48. The number of aryl methyl sites for hydroxylation is 2. The van der Waals surface area contributed by atoms with Gasteiger partial charge in [0.15, 0.2) is 0 Å². The van der Waals surface area contributed by atoms with Gasteiger partial charge in [0.1, 0.15) is 0 Å². The van der Waals surface area contributed by atoms with Crippen LogP contribution in [0.5, 0.6) is 0 Å². The molecule has 1 heterocycles. The molecular formula is C23H26N4O2. The van der Waals surface area contributed by atoms with Crippen LogP contribution in [0.25, 0.3) is 0 Å². The van der Waals surface area contributed by atoms with Crippen molar-refractivity contribution in [2.75, 3.05) is 17.3 Å². The highest BCUT2D eigenvalue weighted by Gasteiger charge is 2.37. The summed E-state index contributed by atoms with van der Waals surface area (Å²) in [5.41, 5.74) is 8.26. The molecule has 6 nitrogen and oxygen atoms in total. The molecule has 6 heteroatoms.